The van der Waals surface area contributed by atoms with Crippen molar-refractivity contribution in [2.24, 2.45) is 0 Å². The van der Waals surface area contributed by atoms with Gasteiger partial charge in [0, 0.05) is 24.7 Å². The van der Waals surface area contributed by atoms with Gasteiger partial charge in [-0.1, -0.05) is 25.1 Å². The zero-order valence-electron chi connectivity index (χ0n) is 16.6. The van der Waals surface area contributed by atoms with E-state index in [1.807, 2.05) is 6.07 Å². The zero-order valence-corrected chi connectivity index (χ0v) is 16.6. The molecule has 0 bridgehead atoms. The first-order valence-electron chi connectivity index (χ1n) is 9.75. The first kappa shape index (κ1) is 20.1. The van der Waals surface area contributed by atoms with E-state index in [4.69, 9.17) is 0 Å². The highest BCUT2D eigenvalue weighted by Crippen LogP contribution is 2.48. The molecule has 1 aromatic carbocycles. The quantitative estimate of drug-likeness (QED) is 0.608. The zero-order chi connectivity index (χ0) is 21.5. The van der Waals surface area contributed by atoms with Crippen LogP contribution in [0.5, 0.6) is 0 Å². The maximum atomic E-state index is 14.7. The highest BCUT2D eigenvalue weighted by atomic mass is 19.3. The van der Waals surface area contributed by atoms with Crippen LogP contribution < -0.4 is 5.32 Å². The van der Waals surface area contributed by atoms with Gasteiger partial charge in [-0.2, -0.15) is 5.26 Å². The van der Waals surface area contributed by atoms with Crippen LogP contribution in [-0.4, -0.2) is 15.0 Å². The lowest BCUT2D eigenvalue weighted by Gasteiger charge is -2.17. The third-order valence-electron chi connectivity index (χ3n) is 5.54. The van der Waals surface area contributed by atoms with Crippen LogP contribution in [0.1, 0.15) is 48.7 Å². The van der Waals surface area contributed by atoms with Gasteiger partial charge in [0.15, 0.2) is 5.65 Å². The lowest BCUT2D eigenvalue weighted by atomic mass is 9.99. The van der Waals surface area contributed by atoms with E-state index in [-0.39, 0.29) is 12.1 Å². The molecule has 0 saturated heterocycles. The van der Waals surface area contributed by atoms with Gasteiger partial charge in [0.25, 0.3) is 5.92 Å². The van der Waals surface area contributed by atoms with Crippen molar-refractivity contribution in [2.45, 2.75) is 51.0 Å². The molecule has 1 fully saturated rings. The highest BCUT2D eigenvalue weighted by molar-refractivity contribution is 5.87. The average Bonchev–Trinajstić information content (AvgIpc) is 3.53. The van der Waals surface area contributed by atoms with Crippen LogP contribution in [0.15, 0.2) is 30.5 Å². The number of alkyl halides is 2. The Labute approximate surface area is 172 Å². The molecule has 1 N–H and O–H groups in total. The molecule has 2 heterocycles. The summed E-state index contributed by atoms with van der Waals surface area (Å²) in [6, 6.07) is 8.16. The molecule has 0 spiro atoms. The predicted octanol–water partition coefficient (Wildman–Crippen LogP) is 5.14. The lowest BCUT2D eigenvalue weighted by Crippen LogP contribution is -2.16. The van der Waals surface area contributed by atoms with E-state index in [1.54, 1.807) is 13.1 Å². The molecule has 154 valence electrons. The van der Waals surface area contributed by atoms with E-state index >= 15 is 0 Å². The first-order valence-corrected chi connectivity index (χ1v) is 9.75. The van der Waals surface area contributed by atoms with Gasteiger partial charge in [-0.25, -0.2) is 28.1 Å². The minimum Gasteiger partial charge on any atom is -0.365 e. The van der Waals surface area contributed by atoms with Crippen molar-refractivity contribution in [1.82, 2.24) is 15.0 Å². The summed E-state index contributed by atoms with van der Waals surface area (Å²) in [5.74, 6) is -3.26. The second kappa shape index (κ2) is 7.24. The largest absolute Gasteiger partial charge is 0.365 e. The minimum absolute atomic E-state index is 0.0291. The van der Waals surface area contributed by atoms with Crippen molar-refractivity contribution in [3.8, 4) is 6.07 Å². The number of aromatic nitrogens is 3. The number of nitrogens with one attached hydrogen (secondary N) is 1. The Bertz CT molecular complexity index is 1170. The van der Waals surface area contributed by atoms with Crippen LogP contribution in [0.4, 0.5) is 19.0 Å². The molecule has 2 aromatic heterocycles. The van der Waals surface area contributed by atoms with Crippen LogP contribution >= 0.6 is 0 Å². The summed E-state index contributed by atoms with van der Waals surface area (Å²) in [6.45, 7) is 3.00. The van der Waals surface area contributed by atoms with Crippen LogP contribution in [0, 0.1) is 24.1 Å². The minimum atomic E-state index is -3.23. The maximum Gasteiger partial charge on any atom is 0.275 e. The van der Waals surface area contributed by atoms with Gasteiger partial charge in [-0.05, 0) is 31.4 Å². The summed E-state index contributed by atoms with van der Waals surface area (Å²) in [5, 5.41) is 13.1. The molecule has 0 atom stereocenters. The number of fused-ring (bicyclic) bond motifs is 1. The summed E-state index contributed by atoms with van der Waals surface area (Å²) in [7, 11) is 0. The number of aryl methyl sites for hydroxylation is 1. The predicted molar refractivity (Wildman–Crippen MR) is 107 cm³/mol. The highest BCUT2D eigenvalue weighted by Gasteiger charge is 2.45. The molecule has 0 unspecified atom stereocenters. The van der Waals surface area contributed by atoms with E-state index in [9.17, 15) is 18.4 Å². The molecule has 0 radical (unpaired) electrons. The van der Waals surface area contributed by atoms with Crippen LogP contribution in [0.2, 0.25) is 0 Å². The Kier molecular flexibility index (Phi) is 4.85. The first-order chi connectivity index (χ1) is 14.3. The molecular formula is C22H20F3N5. The van der Waals surface area contributed by atoms with Crippen molar-refractivity contribution in [1.29, 1.82) is 5.26 Å². The molecule has 4 rings (SSSR count). The Morgan fingerprint density at radius 1 is 1.27 bits per heavy atom. The Hall–Kier alpha value is -3.21. The Morgan fingerprint density at radius 3 is 2.70 bits per heavy atom. The van der Waals surface area contributed by atoms with E-state index in [0.717, 1.165) is 24.5 Å². The summed E-state index contributed by atoms with van der Waals surface area (Å²) in [5.41, 5.74) is 0.236. The molecule has 30 heavy (non-hydrogen) atoms. The van der Waals surface area contributed by atoms with Crippen molar-refractivity contribution < 1.29 is 13.2 Å². The fraction of sp³-hybridized carbons (Fsp3) is 0.364. The fourth-order valence-electron chi connectivity index (χ4n) is 3.48. The summed E-state index contributed by atoms with van der Waals surface area (Å²) >= 11 is 0. The third kappa shape index (κ3) is 3.45. The summed E-state index contributed by atoms with van der Waals surface area (Å²) < 4.78 is 42.8. The molecule has 8 heteroatoms. The van der Waals surface area contributed by atoms with Gasteiger partial charge < -0.3 is 5.32 Å². The van der Waals surface area contributed by atoms with E-state index < -0.39 is 29.1 Å². The third-order valence-corrected chi connectivity index (χ3v) is 5.54. The Morgan fingerprint density at radius 2 is 2.03 bits per heavy atom. The molecule has 0 amide bonds. The van der Waals surface area contributed by atoms with Gasteiger partial charge >= 0.3 is 0 Å². The maximum absolute atomic E-state index is 14.7. The normalized spacial score (nSPS) is 15.1. The van der Waals surface area contributed by atoms with Gasteiger partial charge in [-0.3, -0.25) is 0 Å². The van der Waals surface area contributed by atoms with E-state index in [2.05, 4.69) is 26.3 Å². The number of nitrogens with zero attached hydrogens (tertiary/aromatic N) is 4. The van der Waals surface area contributed by atoms with Gasteiger partial charge in [0.2, 0.25) is 0 Å². The van der Waals surface area contributed by atoms with Crippen molar-refractivity contribution in [3.05, 3.63) is 58.8 Å². The van der Waals surface area contributed by atoms with E-state index in [0.29, 0.717) is 22.7 Å². The Balaban J connectivity index is 1.69. The number of anilines is 1. The molecule has 3 aromatic rings. The number of halogens is 3. The summed E-state index contributed by atoms with van der Waals surface area (Å²) in [6.07, 6.45) is 2.72. The van der Waals surface area contributed by atoms with Gasteiger partial charge in [0.1, 0.15) is 17.5 Å². The topological polar surface area (TPSA) is 74.5 Å². The second-order valence-corrected chi connectivity index (χ2v) is 7.60. The molecule has 1 saturated carbocycles. The molecule has 1 aliphatic carbocycles. The van der Waals surface area contributed by atoms with Gasteiger partial charge in [0.05, 0.1) is 22.4 Å². The SMILES string of the molecule is CCC(F)(F)c1cccc(CNc2nc(C)nc3ncc(C4(C#N)CC4)cc23)c1F. The molecule has 5 nitrogen and oxygen atoms in total. The number of benzene rings is 1. The molecule has 1 aliphatic rings. The average molecular weight is 411 g/mol. The van der Waals surface area contributed by atoms with Crippen LogP contribution in [0.3, 0.4) is 0 Å². The fourth-order valence-corrected chi connectivity index (χ4v) is 3.48. The second-order valence-electron chi connectivity index (χ2n) is 7.60. The number of hydrogen-bond acceptors (Lipinski definition) is 5. The number of nitriles is 1. The monoisotopic (exact) mass is 411 g/mol. The van der Waals surface area contributed by atoms with Gasteiger partial charge in [-0.15, -0.1) is 0 Å². The molecule has 0 aliphatic heterocycles. The number of hydrogen-bond donors (Lipinski definition) is 1. The standard InChI is InChI=1S/C22H20F3N5/c1-3-22(24,25)17-6-4-5-14(18(17)23)10-27-19-16-9-15(21(12-26)7-8-21)11-28-20(16)30-13(2)29-19/h4-6,9,11H,3,7-8,10H2,1-2H3,(H,27,28,29,30). The summed E-state index contributed by atoms with van der Waals surface area (Å²) in [4.78, 5) is 13.1. The van der Waals surface area contributed by atoms with Crippen molar-refractivity contribution in [3.63, 3.8) is 0 Å². The molecular weight excluding hydrogens is 391 g/mol. The number of pyridine rings is 1. The number of rotatable bonds is 6. The van der Waals surface area contributed by atoms with Crippen molar-refractivity contribution in [2.75, 3.05) is 5.32 Å². The van der Waals surface area contributed by atoms with Crippen molar-refractivity contribution >= 4 is 16.9 Å². The lowest BCUT2D eigenvalue weighted by molar-refractivity contribution is -0.0118. The van der Waals surface area contributed by atoms with Crippen LogP contribution in [0.25, 0.3) is 11.0 Å². The van der Waals surface area contributed by atoms with E-state index in [1.165, 1.54) is 19.1 Å². The van der Waals surface area contributed by atoms with Crippen LogP contribution in [-0.2, 0) is 17.9 Å². The smallest absolute Gasteiger partial charge is 0.275 e.